The molecule has 8 nitrogen and oxygen atoms in total. The molecule has 2 aromatic heterocycles. The van der Waals surface area contributed by atoms with Crippen LogP contribution < -0.4 is 16.4 Å². The molecule has 0 saturated carbocycles. The molecule has 5 rings (SSSR count). The fourth-order valence-corrected chi connectivity index (χ4v) is 4.48. The molecule has 1 atom stereocenters. The molecule has 194 valence electrons. The fourth-order valence-electron chi connectivity index (χ4n) is 4.23. The minimum Gasteiger partial charge on any atom is -0.382 e. The van der Waals surface area contributed by atoms with Gasteiger partial charge < -0.3 is 21.4 Å². The summed E-state index contributed by atoms with van der Waals surface area (Å²) in [6.45, 7) is 1.21. The molecule has 3 aromatic carbocycles. The van der Waals surface area contributed by atoms with Gasteiger partial charge in [-0.05, 0) is 42.7 Å². The first kappa shape index (κ1) is 25.2. The summed E-state index contributed by atoms with van der Waals surface area (Å²) in [6.07, 6.45) is 0.390. The fraction of sp³-hybridized carbons (Fsp3) is 0.148. The number of aryl methyl sites for hydroxylation is 1. The smallest absolute Gasteiger partial charge is 0.315 e. The maximum absolute atomic E-state index is 14.4. The molecule has 0 aliphatic rings. The minimum absolute atomic E-state index is 0.210. The average Bonchev–Trinajstić information content (AvgIpc) is 3.48. The number of amides is 2. The molecule has 2 amide bonds. The molecule has 0 fully saturated rings. The van der Waals surface area contributed by atoms with Crippen molar-refractivity contribution in [1.29, 1.82) is 0 Å². The Labute approximate surface area is 221 Å². The highest BCUT2D eigenvalue weighted by Gasteiger charge is 2.22. The molecule has 11 heteroatoms. The Morgan fingerprint density at radius 1 is 1.13 bits per heavy atom. The van der Waals surface area contributed by atoms with Crippen molar-refractivity contribution in [3.8, 4) is 11.3 Å². The van der Waals surface area contributed by atoms with Gasteiger partial charge in [-0.3, -0.25) is 5.10 Å². The SMILES string of the molecule is Cc1ccc(F)c(CNC(=O)NC(Cc2ccccc2)c2nc(-c3ccc4c(N)n[nH]c4c3)c(Cl)[nH]2)c1F. The van der Waals surface area contributed by atoms with E-state index in [1.165, 1.54) is 19.1 Å². The van der Waals surface area contributed by atoms with Gasteiger partial charge in [0.05, 0.1) is 18.1 Å². The Hall–Kier alpha value is -4.44. The number of carbonyl (C=O) groups excluding carboxylic acids is 1. The number of hydrogen-bond donors (Lipinski definition) is 5. The van der Waals surface area contributed by atoms with Gasteiger partial charge in [-0.1, -0.05) is 54.1 Å². The number of nitrogens with one attached hydrogen (secondary N) is 4. The highest BCUT2D eigenvalue weighted by atomic mass is 35.5. The molecule has 0 aliphatic heterocycles. The number of aromatic nitrogens is 4. The number of urea groups is 1. The van der Waals surface area contributed by atoms with Crippen LogP contribution in [0, 0.1) is 18.6 Å². The number of carbonyl (C=O) groups is 1. The molecule has 2 heterocycles. The maximum atomic E-state index is 14.4. The number of anilines is 1. The number of H-pyrrole nitrogens is 2. The van der Waals surface area contributed by atoms with Crippen LogP contribution >= 0.6 is 11.6 Å². The van der Waals surface area contributed by atoms with Crippen molar-refractivity contribution >= 4 is 34.4 Å². The van der Waals surface area contributed by atoms with Crippen LogP contribution in [0.5, 0.6) is 0 Å². The van der Waals surface area contributed by atoms with E-state index in [4.69, 9.17) is 17.3 Å². The van der Waals surface area contributed by atoms with Gasteiger partial charge in [0.2, 0.25) is 0 Å². The Morgan fingerprint density at radius 2 is 1.92 bits per heavy atom. The molecule has 0 saturated heterocycles. The second-order valence-electron chi connectivity index (χ2n) is 8.88. The van der Waals surface area contributed by atoms with E-state index in [1.54, 1.807) is 0 Å². The van der Waals surface area contributed by atoms with Gasteiger partial charge in [-0.25, -0.2) is 18.6 Å². The van der Waals surface area contributed by atoms with Crippen LogP contribution in [0.2, 0.25) is 5.15 Å². The number of nitrogens with two attached hydrogens (primary N) is 1. The van der Waals surface area contributed by atoms with Crippen LogP contribution in [-0.4, -0.2) is 26.2 Å². The van der Waals surface area contributed by atoms with E-state index >= 15 is 0 Å². The number of hydrogen-bond acceptors (Lipinski definition) is 4. The van der Waals surface area contributed by atoms with Crippen LogP contribution in [0.1, 0.15) is 28.6 Å². The summed E-state index contributed by atoms with van der Waals surface area (Å²) in [6, 6.07) is 16.3. The first-order valence-electron chi connectivity index (χ1n) is 11.8. The first-order chi connectivity index (χ1) is 18.3. The van der Waals surface area contributed by atoms with Crippen molar-refractivity contribution in [3.63, 3.8) is 0 Å². The molecular formula is C27H24ClF2N7O. The highest BCUT2D eigenvalue weighted by Crippen LogP contribution is 2.31. The van der Waals surface area contributed by atoms with Gasteiger partial charge in [0.25, 0.3) is 0 Å². The zero-order valence-corrected chi connectivity index (χ0v) is 21.0. The Bertz CT molecular complexity index is 1620. The number of aromatic amines is 2. The third-order valence-corrected chi connectivity index (χ3v) is 6.54. The molecule has 0 aliphatic carbocycles. The third kappa shape index (κ3) is 5.16. The number of rotatable bonds is 7. The van der Waals surface area contributed by atoms with E-state index in [2.05, 4.69) is 30.8 Å². The van der Waals surface area contributed by atoms with Crippen molar-refractivity contribution in [2.75, 3.05) is 5.73 Å². The Balaban J connectivity index is 1.40. The van der Waals surface area contributed by atoms with Gasteiger partial charge in [-0.15, -0.1) is 0 Å². The summed E-state index contributed by atoms with van der Waals surface area (Å²) in [7, 11) is 0. The molecule has 5 aromatic rings. The van der Waals surface area contributed by atoms with E-state index in [0.29, 0.717) is 29.3 Å². The van der Waals surface area contributed by atoms with Crippen molar-refractivity contribution in [1.82, 2.24) is 30.8 Å². The predicted octanol–water partition coefficient (Wildman–Crippen LogP) is 5.56. The Morgan fingerprint density at radius 3 is 2.71 bits per heavy atom. The van der Waals surface area contributed by atoms with Crippen molar-refractivity contribution in [2.24, 2.45) is 0 Å². The van der Waals surface area contributed by atoms with Crippen LogP contribution in [0.4, 0.5) is 19.4 Å². The van der Waals surface area contributed by atoms with E-state index in [1.807, 2.05) is 48.5 Å². The zero-order valence-electron chi connectivity index (χ0n) is 20.3. The number of nitrogens with zero attached hydrogens (tertiary/aromatic N) is 2. The number of halogens is 3. The zero-order chi connectivity index (χ0) is 26.8. The molecule has 0 spiro atoms. The average molecular weight is 536 g/mol. The van der Waals surface area contributed by atoms with Crippen LogP contribution in [0.15, 0.2) is 60.7 Å². The van der Waals surface area contributed by atoms with Gasteiger partial charge in [0.1, 0.15) is 28.3 Å². The lowest BCUT2D eigenvalue weighted by atomic mass is 10.1. The quantitative estimate of drug-likeness (QED) is 0.187. The van der Waals surface area contributed by atoms with Gasteiger partial charge in [-0.2, -0.15) is 5.10 Å². The largest absolute Gasteiger partial charge is 0.382 e. The summed E-state index contributed by atoms with van der Waals surface area (Å²) < 4.78 is 28.5. The number of fused-ring (bicyclic) bond motifs is 1. The van der Waals surface area contributed by atoms with Crippen molar-refractivity contribution < 1.29 is 13.6 Å². The molecule has 38 heavy (non-hydrogen) atoms. The third-order valence-electron chi connectivity index (χ3n) is 6.27. The van der Waals surface area contributed by atoms with Crippen LogP contribution in [0.3, 0.4) is 0 Å². The van der Waals surface area contributed by atoms with Crippen LogP contribution in [-0.2, 0) is 13.0 Å². The second-order valence-corrected chi connectivity index (χ2v) is 9.26. The first-order valence-corrected chi connectivity index (χ1v) is 12.2. The highest BCUT2D eigenvalue weighted by molar-refractivity contribution is 6.32. The van der Waals surface area contributed by atoms with Crippen molar-refractivity contribution in [2.45, 2.75) is 25.9 Å². The summed E-state index contributed by atoms with van der Waals surface area (Å²) >= 11 is 6.53. The lowest BCUT2D eigenvalue weighted by Gasteiger charge is -2.18. The molecule has 1 unspecified atom stereocenters. The molecule has 0 radical (unpaired) electrons. The topological polar surface area (TPSA) is 125 Å². The summed E-state index contributed by atoms with van der Waals surface area (Å²) in [5.41, 5.74) is 8.83. The van der Waals surface area contributed by atoms with E-state index in [0.717, 1.165) is 22.0 Å². The minimum atomic E-state index is -0.729. The monoisotopic (exact) mass is 535 g/mol. The maximum Gasteiger partial charge on any atom is 0.315 e. The molecular weight excluding hydrogens is 512 g/mol. The van der Waals surface area contributed by atoms with Gasteiger partial charge in [0.15, 0.2) is 5.82 Å². The van der Waals surface area contributed by atoms with Gasteiger partial charge >= 0.3 is 6.03 Å². The predicted molar refractivity (Wildman–Crippen MR) is 142 cm³/mol. The van der Waals surface area contributed by atoms with E-state index < -0.39 is 23.7 Å². The van der Waals surface area contributed by atoms with Gasteiger partial charge in [0, 0.05) is 16.5 Å². The summed E-state index contributed by atoms with van der Waals surface area (Å²) in [4.78, 5) is 20.6. The number of imidazole rings is 1. The lowest BCUT2D eigenvalue weighted by Crippen LogP contribution is -2.39. The molecule has 6 N–H and O–H groups in total. The lowest BCUT2D eigenvalue weighted by molar-refractivity contribution is 0.236. The molecule has 0 bridgehead atoms. The normalized spacial score (nSPS) is 12.0. The van der Waals surface area contributed by atoms with Crippen LogP contribution in [0.25, 0.3) is 22.2 Å². The second kappa shape index (κ2) is 10.5. The Kier molecular flexibility index (Phi) is 6.97. The number of benzene rings is 3. The van der Waals surface area contributed by atoms with E-state index in [-0.39, 0.29) is 17.3 Å². The summed E-state index contributed by atoms with van der Waals surface area (Å²) in [5.74, 6) is -0.609. The van der Waals surface area contributed by atoms with Crippen molar-refractivity contribution in [3.05, 3.63) is 100.0 Å². The standard InChI is InChI=1S/C27H24ClF2N7O/c1-14-7-10-19(29)18(22(14)30)13-32-27(38)33-21(11-15-5-3-2-4-6-15)26-34-23(24(28)35-26)16-8-9-17-20(12-16)36-37-25(17)31/h2-10,12,21H,11,13H2,1H3,(H,34,35)(H3,31,36,37)(H2,32,33,38). The number of nitrogen functional groups attached to an aromatic ring is 1. The van der Waals surface area contributed by atoms with E-state index in [9.17, 15) is 13.6 Å². The summed E-state index contributed by atoms with van der Waals surface area (Å²) in [5, 5.41) is 13.3.